The number of hydrogen-bond donors (Lipinski definition) is 1. The molecule has 0 aromatic carbocycles. The van der Waals surface area contributed by atoms with E-state index in [1.807, 2.05) is 0 Å². The van der Waals surface area contributed by atoms with Crippen LogP contribution >= 0.6 is 0 Å². The van der Waals surface area contributed by atoms with Gasteiger partial charge in [0.2, 0.25) is 0 Å². The average Bonchev–Trinajstić information content (AvgIpc) is 2.97. The van der Waals surface area contributed by atoms with Crippen molar-refractivity contribution in [2.75, 3.05) is 12.3 Å². The van der Waals surface area contributed by atoms with E-state index in [4.69, 9.17) is 5.73 Å². The van der Waals surface area contributed by atoms with Crippen LogP contribution in [-0.2, 0) is 0 Å². The van der Waals surface area contributed by atoms with Gasteiger partial charge in [-0.1, -0.05) is 20.8 Å². The number of nitrogens with two attached hydrogens (primary N) is 1. The van der Waals surface area contributed by atoms with Gasteiger partial charge in [0, 0.05) is 18.7 Å². The maximum absolute atomic E-state index is 12.8. The van der Waals surface area contributed by atoms with Crippen LogP contribution in [0.25, 0.3) is 0 Å². The monoisotopic (exact) mass is 306 g/mol. The third-order valence-electron chi connectivity index (χ3n) is 4.67. The molecule has 0 spiro atoms. The first-order valence-corrected chi connectivity index (χ1v) is 7.49. The molecule has 1 aromatic heterocycles. The molecule has 0 radical (unpaired) electrons. The van der Waals surface area contributed by atoms with Gasteiger partial charge in [-0.2, -0.15) is 0 Å². The van der Waals surface area contributed by atoms with E-state index in [9.17, 15) is 14.9 Å². The van der Waals surface area contributed by atoms with E-state index >= 15 is 0 Å². The predicted octanol–water partition coefficient (Wildman–Crippen LogP) is 2.61. The van der Waals surface area contributed by atoms with Crippen molar-refractivity contribution in [3.05, 3.63) is 27.9 Å². The van der Waals surface area contributed by atoms with Crippen molar-refractivity contribution in [1.82, 2.24) is 9.88 Å². The molecule has 7 nitrogen and oxygen atoms in total. The molecule has 0 aliphatic carbocycles. The van der Waals surface area contributed by atoms with Crippen LogP contribution in [-0.4, -0.2) is 33.3 Å². The fraction of sp³-hybridized carbons (Fsp3) is 0.600. The second-order valence-corrected chi connectivity index (χ2v) is 6.38. The second kappa shape index (κ2) is 5.90. The minimum Gasteiger partial charge on any atom is -0.383 e. The molecule has 1 unspecified atom stereocenters. The minimum atomic E-state index is -0.569. The molecule has 1 aromatic rings. The molecule has 1 saturated heterocycles. The number of carbonyl (C=O) groups is 1. The fourth-order valence-electron chi connectivity index (χ4n) is 2.95. The molecule has 1 fully saturated rings. The van der Waals surface area contributed by atoms with E-state index in [0.29, 0.717) is 6.54 Å². The van der Waals surface area contributed by atoms with Crippen LogP contribution in [0.5, 0.6) is 0 Å². The molecule has 120 valence electrons. The molecular weight excluding hydrogens is 284 g/mol. The highest BCUT2D eigenvalue weighted by Gasteiger charge is 2.39. The Balaban J connectivity index is 2.35. The lowest BCUT2D eigenvalue weighted by molar-refractivity contribution is -0.385. The largest absolute Gasteiger partial charge is 0.383 e. The fourth-order valence-corrected chi connectivity index (χ4v) is 2.95. The Hall–Kier alpha value is -2.18. The van der Waals surface area contributed by atoms with Crippen molar-refractivity contribution < 1.29 is 9.72 Å². The lowest BCUT2D eigenvalue weighted by atomic mass is 9.80. The summed E-state index contributed by atoms with van der Waals surface area (Å²) in [6.45, 7) is 7.02. The molecular formula is C15H22N4O3. The normalized spacial score (nSPS) is 18.5. The summed E-state index contributed by atoms with van der Waals surface area (Å²) >= 11 is 0. The number of hydrogen-bond acceptors (Lipinski definition) is 5. The Morgan fingerprint density at radius 2 is 2.27 bits per heavy atom. The lowest BCUT2D eigenvalue weighted by Crippen LogP contribution is -2.44. The number of nitrogens with zero attached hydrogens (tertiary/aromatic N) is 3. The van der Waals surface area contributed by atoms with Gasteiger partial charge in [-0.3, -0.25) is 14.9 Å². The first kappa shape index (κ1) is 16.2. The summed E-state index contributed by atoms with van der Waals surface area (Å²) in [6, 6.07) is 1.34. The summed E-state index contributed by atoms with van der Waals surface area (Å²) in [7, 11) is 0. The first-order chi connectivity index (χ1) is 10.3. The molecule has 7 heteroatoms. The smallest absolute Gasteiger partial charge is 0.288 e. The quantitative estimate of drug-likeness (QED) is 0.680. The molecule has 2 heterocycles. The van der Waals surface area contributed by atoms with Crippen molar-refractivity contribution in [2.45, 2.75) is 46.1 Å². The highest BCUT2D eigenvalue weighted by molar-refractivity contribution is 5.99. The summed E-state index contributed by atoms with van der Waals surface area (Å²) in [5.74, 6) is -0.228. The second-order valence-electron chi connectivity index (χ2n) is 6.38. The summed E-state index contributed by atoms with van der Waals surface area (Å²) in [5, 5.41) is 10.9. The van der Waals surface area contributed by atoms with Gasteiger partial charge >= 0.3 is 0 Å². The van der Waals surface area contributed by atoms with Gasteiger partial charge in [-0.05, 0) is 24.7 Å². The number of nitrogen functional groups attached to an aromatic ring is 1. The number of amides is 1. The highest BCUT2D eigenvalue weighted by Crippen LogP contribution is 2.37. The Bertz CT molecular complexity index is 600. The minimum absolute atomic E-state index is 0.00490. The third kappa shape index (κ3) is 2.88. The Labute approximate surface area is 129 Å². The highest BCUT2D eigenvalue weighted by atomic mass is 16.6. The zero-order valence-corrected chi connectivity index (χ0v) is 13.2. The van der Waals surface area contributed by atoms with Gasteiger partial charge in [-0.25, -0.2) is 4.98 Å². The van der Waals surface area contributed by atoms with Crippen LogP contribution in [0.4, 0.5) is 11.5 Å². The van der Waals surface area contributed by atoms with Crippen molar-refractivity contribution >= 4 is 17.4 Å². The topological polar surface area (TPSA) is 102 Å². The van der Waals surface area contributed by atoms with Crippen LogP contribution < -0.4 is 5.73 Å². The van der Waals surface area contributed by atoms with Gasteiger partial charge in [0.1, 0.15) is 12.0 Å². The predicted molar refractivity (Wildman–Crippen MR) is 83.4 cm³/mol. The number of carbonyl (C=O) groups excluding carboxylic acids is 1. The summed E-state index contributed by atoms with van der Waals surface area (Å²) < 4.78 is 0. The Morgan fingerprint density at radius 3 is 2.86 bits per heavy atom. The molecule has 1 amide bonds. The van der Waals surface area contributed by atoms with Gasteiger partial charge in [-0.15, -0.1) is 0 Å². The van der Waals surface area contributed by atoms with Gasteiger partial charge in [0.25, 0.3) is 11.6 Å². The van der Waals surface area contributed by atoms with E-state index in [1.54, 1.807) is 4.90 Å². The van der Waals surface area contributed by atoms with Crippen molar-refractivity contribution in [1.29, 1.82) is 0 Å². The van der Waals surface area contributed by atoms with Gasteiger partial charge in [0.05, 0.1) is 10.5 Å². The van der Waals surface area contributed by atoms with Crippen molar-refractivity contribution in [2.24, 2.45) is 5.41 Å². The number of anilines is 1. The van der Waals surface area contributed by atoms with E-state index in [-0.39, 0.29) is 34.4 Å². The van der Waals surface area contributed by atoms with Crippen LogP contribution in [0.1, 0.15) is 50.4 Å². The molecule has 2 rings (SSSR count). The zero-order valence-electron chi connectivity index (χ0n) is 13.2. The zero-order chi connectivity index (χ0) is 16.5. The molecule has 1 aliphatic heterocycles. The number of likely N-dealkylation sites (tertiary alicyclic amines) is 1. The standard InChI is InChI=1S/C15H22N4O3/c1-4-15(2,3)12-6-5-7-18(12)14(20)11-8-10(19(21)22)9-17-13(11)16/h8-9,12H,4-7H2,1-3H3,(H2,16,17). The Morgan fingerprint density at radius 1 is 1.59 bits per heavy atom. The number of pyridine rings is 1. The van der Waals surface area contributed by atoms with E-state index in [0.717, 1.165) is 25.5 Å². The van der Waals surface area contributed by atoms with Crippen LogP contribution in [0.15, 0.2) is 12.3 Å². The molecule has 1 atom stereocenters. The van der Waals surface area contributed by atoms with Gasteiger partial charge in [0.15, 0.2) is 0 Å². The number of nitro groups is 1. The van der Waals surface area contributed by atoms with E-state index < -0.39 is 4.92 Å². The third-order valence-corrected chi connectivity index (χ3v) is 4.67. The molecule has 0 saturated carbocycles. The summed E-state index contributed by atoms with van der Waals surface area (Å²) in [5.41, 5.74) is 5.66. The van der Waals surface area contributed by atoms with Crippen LogP contribution in [0, 0.1) is 15.5 Å². The maximum atomic E-state index is 12.8. The lowest BCUT2D eigenvalue weighted by Gasteiger charge is -2.37. The number of rotatable bonds is 4. The number of aromatic nitrogens is 1. The SMILES string of the molecule is CCC(C)(C)C1CCCN1C(=O)c1cc([N+](=O)[O-])cnc1N. The first-order valence-electron chi connectivity index (χ1n) is 7.49. The summed E-state index contributed by atoms with van der Waals surface area (Å²) in [6.07, 6.45) is 3.89. The average molecular weight is 306 g/mol. The van der Waals surface area contributed by atoms with Crippen molar-refractivity contribution in [3.63, 3.8) is 0 Å². The molecule has 0 bridgehead atoms. The van der Waals surface area contributed by atoms with E-state index in [2.05, 4.69) is 25.8 Å². The molecule has 22 heavy (non-hydrogen) atoms. The van der Waals surface area contributed by atoms with Crippen LogP contribution in [0.3, 0.4) is 0 Å². The van der Waals surface area contributed by atoms with Crippen molar-refractivity contribution in [3.8, 4) is 0 Å². The van der Waals surface area contributed by atoms with Gasteiger partial charge < -0.3 is 10.6 Å². The van der Waals surface area contributed by atoms with Crippen LogP contribution in [0.2, 0.25) is 0 Å². The Kier molecular flexibility index (Phi) is 4.35. The molecule has 2 N–H and O–H groups in total. The summed E-state index contributed by atoms with van der Waals surface area (Å²) in [4.78, 5) is 28.7. The molecule has 1 aliphatic rings. The van der Waals surface area contributed by atoms with E-state index in [1.165, 1.54) is 6.07 Å². The maximum Gasteiger partial charge on any atom is 0.288 e.